The molecule has 3 nitrogen and oxygen atoms in total. The van der Waals surface area contributed by atoms with Crippen molar-refractivity contribution in [2.24, 2.45) is 5.73 Å². The van der Waals surface area contributed by atoms with Crippen molar-refractivity contribution in [3.8, 4) is 0 Å². The highest BCUT2D eigenvalue weighted by Gasteiger charge is 2.10. The lowest BCUT2D eigenvalue weighted by molar-refractivity contribution is 0.874. The second-order valence-corrected chi connectivity index (χ2v) is 5.35. The fraction of sp³-hybridized carbons (Fsp3) is 0.250. The highest BCUT2D eigenvalue weighted by molar-refractivity contribution is 7.80. The third kappa shape index (κ3) is 3.54. The van der Waals surface area contributed by atoms with Crippen LogP contribution in [0.3, 0.4) is 0 Å². The molecule has 104 valence electrons. The van der Waals surface area contributed by atoms with E-state index in [0.29, 0.717) is 4.99 Å². The third-order valence-electron chi connectivity index (χ3n) is 3.31. The van der Waals surface area contributed by atoms with Crippen molar-refractivity contribution in [1.29, 1.82) is 0 Å². The van der Waals surface area contributed by atoms with Gasteiger partial charge in [0.1, 0.15) is 4.99 Å². The molecule has 2 N–H and O–H groups in total. The van der Waals surface area contributed by atoms with Gasteiger partial charge in [-0.2, -0.15) is 0 Å². The Bertz CT molecular complexity index is 596. The standard InChI is InChI=1S/C16H19N3S/c1-12-3-4-15(14(11-12)16(17)20)19(2)10-7-13-5-8-18-9-6-13/h3-6,8-9,11H,7,10H2,1-2H3,(H2,17,20). The fourth-order valence-corrected chi connectivity index (χ4v) is 2.31. The third-order valence-corrected chi connectivity index (χ3v) is 3.53. The van der Waals surface area contributed by atoms with Gasteiger partial charge in [0.25, 0.3) is 0 Å². The number of likely N-dealkylation sites (N-methyl/N-ethyl adjacent to an activating group) is 1. The Morgan fingerprint density at radius 1 is 1.25 bits per heavy atom. The number of hydrogen-bond donors (Lipinski definition) is 1. The van der Waals surface area contributed by atoms with Gasteiger partial charge in [-0.1, -0.05) is 23.8 Å². The van der Waals surface area contributed by atoms with E-state index in [1.54, 1.807) is 0 Å². The van der Waals surface area contributed by atoms with E-state index >= 15 is 0 Å². The van der Waals surface area contributed by atoms with Crippen LogP contribution in [0.2, 0.25) is 0 Å². The van der Waals surface area contributed by atoms with Gasteiger partial charge in [0, 0.05) is 37.2 Å². The second-order valence-electron chi connectivity index (χ2n) is 4.91. The molecule has 0 spiro atoms. The summed E-state index contributed by atoms with van der Waals surface area (Å²) in [6.07, 6.45) is 4.60. The molecule has 4 heteroatoms. The van der Waals surface area contributed by atoms with E-state index in [9.17, 15) is 0 Å². The van der Waals surface area contributed by atoms with E-state index in [-0.39, 0.29) is 0 Å². The maximum Gasteiger partial charge on any atom is 0.106 e. The summed E-state index contributed by atoms with van der Waals surface area (Å²) in [6, 6.07) is 10.3. The summed E-state index contributed by atoms with van der Waals surface area (Å²) in [5.41, 5.74) is 10.3. The molecule has 0 fully saturated rings. The number of hydrogen-bond acceptors (Lipinski definition) is 3. The van der Waals surface area contributed by atoms with Crippen LogP contribution in [-0.2, 0) is 6.42 Å². The largest absolute Gasteiger partial charge is 0.389 e. The fourth-order valence-electron chi connectivity index (χ4n) is 2.15. The molecule has 20 heavy (non-hydrogen) atoms. The molecule has 0 unspecified atom stereocenters. The van der Waals surface area contributed by atoms with Crippen LogP contribution >= 0.6 is 12.2 Å². The maximum atomic E-state index is 5.83. The molecule has 2 rings (SSSR count). The van der Waals surface area contributed by atoms with Gasteiger partial charge >= 0.3 is 0 Å². The van der Waals surface area contributed by atoms with Crippen LogP contribution < -0.4 is 10.6 Å². The zero-order valence-corrected chi connectivity index (χ0v) is 12.7. The van der Waals surface area contributed by atoms with E-state index in [1.165, 1.54) is 11.1 Å². The molecule has 0 saturated carbocycles. The summed E-state index contributed by atoms with van der Waals surface area (Å²) >= 11 is 5.15. The Labute approximate surface area is 125 Å². The first-order valence-electron chi connectivity index (χ1n) is 6.58. The first-order valence-corrected chi connectivity index (χ1v) is 6.99. The number of anilines is 1. The lowest BCUT2D eigenvalue weighted by atomic mass is 10.1. The minimum Gasteiger partial charge on any atom is -0.389 e. The number of rotatable bonds is 5. The Balaban J connectivity index is 2.13. The lowest BCUT2D eigenvalue weighted by Crippen LogP contribution is -2.24. The molecule has 0 radical (unpaired) electrons. The smallest absolute Gasteiger partial charge is 0.106 e. The van der Waals surface area contributed by atoms with Crippen molar-refractivity contribution in [3.63, 3.8) is 0 Å². The summed E-state index contributed by atoms with van der Waals surface area (Å²) < 4.78 is 0. The molecule has 1 aromatic carbocycles. The average molecular weight is 285 g/mol. The molecule has 0 aliphatic rings. The SMILES string of the molecule is Cc1ccc(N(C)CCc2ccncc2)c(C(N)=S)c1. The van der Waals surface area contributed by atoms with Gasteiger partial charge in [-0.15, -0.1) is 0 Å². The Hall–Kier alpha value is -1.94. The average Bonchev–Trinajstić information content (AvgIpc) is 2.45. The topological polar surface area (TPSA) is 42.2 Å². The van der Waals surface area contributed by atoms with E-state index < -0.39 is 0 Å². The quantitative estimate of drug-likeness (QED) is 0.858. The molecule has 0 atom stereocenters. The first kappa shape index (κ1) is 14.5. The monoisotopic (exact) mass is 285 g/mol. The Kier molecular flexibility index (Phi) is 4.69. The molecule has 0 saturated heterocycles. The zero-order valence-electron chi connectivity index (χ0n) is 11.8. The molecule has 0 aliphatic heterocycles. The normalized spacial score (nSPS) is 10.3. The highest BCUT2D eigenvalue weighted by Crippen LogP contribution is 2.21. The van der Waals surface area contributed by atoms with Gasteiger partial charge in [-0.25, -0.2) is 0 Å². The van der Waals surface area contributed by atoms with Crippen molar-refractivity contribution < 1.29 is 0 Å². The molecular formula is C16H19N3S. The van der Waals surface area contributed by atoms with Gasteiger partial charge in [0.2, 0.25) is 0 Å². The first-order chi connectivity index (χ1) is 9.58. The van der Waals surface area contributed by atoms with Crippen LogP contribution in [-0.4, -0.2) is 23.6 Å². The van der Waals surface area contributed by atoms with Crippen molar-refractivity contribution in [1.82, 2.24) is 4.98 Å². The summed E-state index contributed by atoms with van der Waals surface area (Å²) in [5, 5.41) is 0. The van der Waals surface area contributed by atoms with E-state index in [1.807, 2.05) is 37.5 Å². The van der Waals surface area contributed by atoms with Crippen LogP contribution in [0, 0.1) is 6.92 Å². The molecule has 1 aromatic heterocycles. The predicted molar refractivity (Wildman–Crippen MR) is 88.3 cm³/mol. The van der Waals surface area contributed by atoms with E-state index in [2.05, 4.69) is 29.1 Å². The van der Waals surface area contributed by atoms with E-state index in [0.717, 1.165) is 24.2 Å². The molecule has 0 aliphatic carbocycles. The van der Waals surface area contributed by atoms with Crippen molar-refractivity contribution in [3.05, 3.63) is 59.4 Å². The van der Waals surface area contributed by atoms with Crippen LogP contribution in [0.1, 0.15) is 16.7 Å². The number of pyridine rings is 1. The molecule has 1 heterocycles. The Morgan fingerprint density at radius 2 is 1.95 bits per heavy atom. The minimum atomic E-state index is 0.444. The van der Waals surface area contributed by atoms with Crippen LogP contribution in [0.15, 0.2) is 42.7 Å². The molecule has 0 bridgehead atoms. The van der Waals surface area contributed by atoms with Gasteiger partial charge in [0.15, 0.2) is 0 Å². The van der Waals surface area contributed by atoms with Crippen LogP contribution in [0.5, 0.6) is 0 Å². The van der Waals surface area contributed by atoms with Gasteiger partial charge in [-0.05, 0) is 43.2 Å². The van der Waals surface area contributed by atoms with Crippen molar-refractivity contribution >= 4 is 22.9 Å². The molecule has 0 amide bonds. The summed E-state index contributed by atoms with van der Waals surface area (Å²) in [6.45, 7) is 2.95. The maximum absolute atomic E-state index is 5.83. The summed E-state index contributed by atoms with van der Waals surface area (Å²) in [5.74, 6) is 0. The molecule has 2 aromatic rings. The van der Waals surface area contributed by atoms with Crippen LogP contribution in [0.25, 0.3) is 0 Å². The Morgan fingerprint density at radius 3 is 2.60 bits per heavy atom. The number of nitrogens with zero attached hydrogens (tertiary/aromatic N) is 2. The number of thiocarbonyl (C=S) groups is 1. The number of nitrogens with two attached hydrogens (primary N) is 1. The van der Waals surface area contributed by atoms with Gasteiger partial charge in [-0.3, -0.25) is 4.98 Å². The van der Waals surface area contributed by atoms with Gasteiger partial charge in [0.05, 0.1) is 0 Å². The highest BCUT2D eigenvalue weighted by atomic mass is 32.1. The molecular weight excluding hydrogens is 266 g/mol. The number of aromatic nitrogens is 1. The second kappa shape index (κ2) is 6.48. The van der Waals surface area contributed by atoms with Crippen molar-refractivity contribution in [2.45, 2.75) is 13.3 Å². The lowest BCUT2D eigenvalue weighted by Gasteiger charge is -2.22. The van der Waals surface area contributed by atoms with Crippen molar-refractivity contribution in [2.75, 3.05) is 18.5 Å². The minimum absolute atomic E-state index is 0.444. The summed E-state index contributed by atoms with van der Waals surface area (Å²) in [7, 11) is 2.06. The van der Waals surface area contributed by atoms with Crippen LogP contribution in [0.4, 0.5) is 5.69 Å². The predicted octanol–water partition coefficient (Wildman–Crippen LogP) is 2.70. The van der Waals surface area contributed by atoms with Gasteiger partial charge < -0.3 is 10.6 Å². The number of aryl methyl sites for hydroxylation is 1. The van der Waals surface area contributed by atoms with E-state index in [4.69, 9.17) is 18.0 Å². The zero-order chi connectivity index (χ0) is 14.5. The summed E-state index contributed by atoms with van der Waals surface area (Å²) in [4.78, 5) is 6.66. The number of benzene rings is 1.